The summed E-state index contributed by atoms with van der Waals surface area (Å²) in [6, 6.07) is 4.89. The van der Waals surface area contributed by atoms with Crippen molar-refractivity contribution in [3.8, 4) is 17.0 Å². The van der Waals surface area contributed by atoms with E-state index >= 15 is 0 Å². The molecule has 0 atom stereocenters. The van der Waals surface area contributed by atoms with E-state index in [9.17, 15) is 4.39 Å². The summed E-state index contributed by atoms with van der Waals surface area (Å²) in [4.78, 5) is 7.33. The zero-order valence-electron chi connectivity index (χ0n) is 10.5. The van der Waals surface area contributed by atoms with Crippen LogP contribution in [-0.4, -0.2) is 23.6 Å². The Labute approximate surface area is 105 Å². The molecule has 0 aliphatic rings. The van der Waals surface area contributed by atoms with Gasteiger partial charge in [-0.15, -0.1) is 0 Å². The number of ether oxygens (including phenoxy) is 1. The summed E-state index contributed by atoms with van der Waals surface area (Å²) >= 11 is 0. The monoisotopic (exact) mass is 249 g/mol. The number of nitrogens with zero attached hydrogens (tertiary/aromatic N) is 1. The third kappa shape index (κ3) is 2.68. The van der Waals surface area contributed by atoms with Crippen LogP contribution < -0.4 is 10.1 Å². The van der Waals surface area contributed by atoms with Crippen LogP contribution in [0, 0.1) is 5.82 Å². The fourth-order valence-corrected chi connectivity index (χ4v) is 1.71. The van der Waals surface area contributed by atoms with E-state index in [4.69, 9.17) is 4.74 Å². The fraction of sp³-hybridized carbons (Fsp3) is 0.308. The topological polar surface area (TPSA) is 49.9 Å². The van der Waals surface area contributed by atoms with Crippen molar-refractivity contribution in [2.75, 3.05) is 13.7 Å². The molecule has 5 heteroatoms. The van der Waals surface area contributed by atoms with Crippen molar-refractivity contribution in [3.05, 3.63) is 36.0 Å². The van der Waals surface area contributed by atoms with Gasteiger partial charge < -0.3 is 15.0 Å². The molecule has 1 heterocycles. The van der Waals surface area contributed by atoms with E-state index in [2.05, 4.69) is 15.3 Å². The highest BCUT2D eigenvalue weighted by Crippen LogP contribution is 2.24. The second-order valence-electron chi connectivity index (χ2n) is 3.85. The van der Waals surface area contributed by atoms with E-state index in [-0.39, 0.29) is 11.6 Å². The Balaban J connectivity index is 2.24. The number of hydrogen-bond donors (Lipinski definition) is 2. The molecule has 0 spiro atoms. The fourth-order valence-electron chi connectivity index (χ4n) is 1.71. The van der Waals surface area contributed by atoms with E-state index in [0.29, 0.717) is 13.2 Å². The molecule has 0 bridgehead atoms. The van der Waals surface area contributed by atoms with Gasteiger partial charge in [0.05, 0.1) is 25.0 Å². The number of hydrogen-bond acceptors (Lipinski definition) is 3. The molecule has 1 aromatic heterocycles. The number of imidazole rings is 1. The van der Waals surface area contributed by atoms with Gasteiger partial charge in [0, 0.05) is 5.56 Å². The normalized spacial score (nSPS) is 10.6. The Hall–Kier alpha value is -1.88. The van der Waals surface area contributed by atoms with Gasteiger partial charge in [-0.1, -0.05) is 0 Å². The summed E-state index contributed by atoms with van der Waals surface area (Å²) in [6.07, 6.45) is 1.70. The molecular formula is C13H16FN3O. The number of benzene rings is 1. The minimum absolute atomic E-state index is 0.274. The van der Waals surface area contributed by atoms with Gasteiger partial charge in [-0.3, -0.25) is 0 Å². The van der Waals surface area contributed by atoms with Crippen LogP contribution in [0.25, 0.3) is 11.3 Å². The number of nitrogens with one attached hydrogen (secondary N) is 2. The Morgan fingerprint density at radius 1 is 1.44 bits per heavy atom. The van der Waals surface area contributed by atoms with Crippen molar-refractivity contribution >= 4 is 0 Å². The Morgan fingerprint density at radius 2 is 2.28 bits per heavy atom. The van der Waals surface area contributed by atoms with Crippen LogP contribution in [0.15, 0.2) is 24.4 Å². The van der Waals surface area contributed by atoms with Crippen LogP contribution >= 0.6 is 0 Å². The first-order valence-electron chi connectivity index (χ1n) is 5.85. The zero-order chi connectivity index (χ0) is 13.0. The lowest BCUT2D eigenvalue weighted by atomic mass is 10.1. The number of halogens is 1. The predicted molar refractivity (Wildman–Crippen MR) is 67.9 cm³/mol. The highest BCUT2D eigenvalue weighted by molar-refractivity contribution is 5.59. The van der Waals surface area contributed by atoms with Crippen molar-refractivity contribution in [3.63, 3.8) is 0 Å². The van der Waals surface area contributed by atoms with Crippen LogP contribution in [0.1, 0.15) is 12.7 Å². The van der Waals surface area contributed by atoms with Gasteiger partial charge in [0.25, 0.3) is 0 Å². The smallest absolute Gasteiger partial charge is 0.165 e. The van der Waals surface area contributed by atoms with Gasteiger partial charge in [0.15, 0.2) is 11.6 Å². The highest BCUT2D eigenvalue weighted by atomic mass is 19.1. The average Bonchev–Trinajstić information content (AvgIpc) is 2.81. The second kappa shape index (κ2) is 5.64. The number of rotatable bonds is 5. The standard InChI is InChI=1S/C13H16FN3O/c1-3-18-12-5-4-9(6-10(12)14)11-7-16-13(17-11)8-15-2/h4-7,15H,3,8H2,1-2H3,(H,16,17). The maximum Gasteiger partial charge on any atom is 0.165 e. The van der Waals surface area contributed by atoms with Gasteiger partial charge in [-0.25, -0.2) is 9.37 Å². The summed E-state index contributed by atoms with van der Waals surface area (Å²) in [6.45, 7) is 2.93. The molecule has 2 N–H and O–H groups in total. The van der Waals surface area contributed by atoms with E-state index in [1.807, 2.05) is 20.0 Å². The zero-order valence-corrected chi connectivity index (χ0v) is 10.5. The van der Waals surface area contributed by atoms with E-state index in [1.165, 1.54) is 6.07 Å². The van der Waals surface area contributed by atoms with Crippen molar-refractivity contribution in [2.24, 2.45) is 0 Å². The summed E-state index contributed by atoms with van der Waals surface area (Å²) < 4.78 is 18.9. The minimum atomic E-state index is -0.362. The van der Waals surface area contributed by atoms with Crippen molar-refractivity contribution in [1.29, 1.82) is 0 Å². The van der Waals surface area contributed by atoms with Crippen LogP contribution in [0.2, 0.25) is 0 Å². The van der Waals surface area contributed by atoms with E-state index < -0.39 is 0 Å². The summed E-state index contributed by atoms with van der Waals surface area (Å²) in [5, 5.41) is 3.00. The second-order valence-corrected chi connectivity index (χ2v) is 3.85. The van der Waals surface area contributed by atoms with Gasteiger partial charge >= 0.3 is 0 Å². The SMILES string of the molecule is CCOc1ccc(-c2cnc(CNC)[nH]2)cc1F. The highest BCUT2D eigenvalue weighted by Gasteiger charge is 2.07. The molecule has 0 aliphatic carbocycles. The van der Waals surface area contributed by atoms with Gasteiger partial charge in [0.2, 0.25) is 0 Å². The largest absolute Gasteiger partial charge is 0.491 e. The average molecular weight is 249 g/mol. The lowest BCUT2D eigenvalue weighted by molar-refractivity contribution is 0.321. The molecule has 0 saturated heterocycles. The molecule has 1 aromatic carbocycles. The third-order valence-corrected chi connectivity index (χ3v) is 2.52. The molecule has 96 valence electrons. The quantitative estimate of drug-likeness (QED) is 0.855. The van der Waals surface area contributed by atoms with Crippen molar-refractivity contribution in [1.82, 2.24) is 15.3 Å². The summed E-state index contributed by atoms with van der Waals surface area (Å²) in [5.74, 6) is 0.733. The van der Waals surface area contributed by atoms with Crippen LogP contribution in [-0.2, 0) is 6.54 Å². The van der Waals surface area contributed by atoms with E-state index in [1.54, 1.807) is 12.3 Å². The van der Waals surface area contributed by atoms with Crippen LogP contribution in [0.3, 0.4) is 0 Å². The molecule has 0 amide bonds. The van der Waals surface area contributed by atoms with Crippen molar-refractivity contribution < 1.29 is 9.13 Å². The van der Waals surface area contributed by atoms with E-state index in [0.717, 1.165) is 17.1 Å². The third-order valence-electron chi connectivity index (χ3n) is 2.52. The first kappa shape index (κ1) is 12.6. The number of aromatic amines is 1. The molecule has 0 radical (unpaired) electrons. The Bertz CT molecular complexity index is 525. The van der Waals surface area contributed by atoms with Gasteiger partial charge in [-0.2, -0.15) is 0 Å². The van der Waals surface area contributed by atoms with Crippen LogP contribution in [0.4, 0.5) is 4.39 Å². The molecule has 2 aromatic rings. The van der Waals surface area contributed by atoms with Crippen molar-refractivity contribution in [2.45, 2.75) is 13.5 Å². The molecule has 0 fully saturated rings. The maximum absolute atomic E-state index is 13.7. The molecule has 0 saturated carbocycles. The minimum Gasteiger partial charge on any atom is -0.491 e. The first-order valence-corrected chi connectivity index (χ1v) is 5.85. The number of H-pyrrole nitrogens is 1. The molecule has 4 nitrogen and oxygen atoms in total. The Kier molecular flexibility index (Phi) is 3.94. The lowest BCUT2D eigenvalue weighted by Crippen LogP contribution is -2.06. The van der Waals surface area contributed by atoms with Crippen LogP contribution in [0.5, 0.6) is 5.75 Å². The Morgan fingerprint density at radius 3 is 2.94 bits per heavy atom. The molecular weight excluding hydrogens is 233 g/mol. The summed E-state index contributed by atoms with van der Waals surface area (Å²) in [7, 11) is 1.85. The van der Waals surface area contributed by atoms with Gasteiger partial charge in [-0.05, 0) is 32.2 Å². The maximum atomic E-state index is 13.7. The molecule has 0 unspecified atom stereocenters. The van der Waals surface area contributed by atoms with Gasteiger partial charge in [0.1, 0.15) is 5.82 Å². The number of aromatic nitrogens is 2. The lowest BCUT2D eigenvalue weighted by Gasteiger charge is -2.05. The molecule has 2 rings (SSSR count). The molecule has 18 heavy (non-hydrogen) atoms. The predicted octanol–water partition coefficient (Wildman–Crippen LogP) is 2.33. The molecule has 0 aliphatic heterocycles. The first-order chi connectivity index (χ1) is 8.74. The summed E-state index contributed by atoms with van der Waals surface area (Å²) in [5.41, 5.74) is 1.55.